The van der Waals surface area contributed by atoms with Crippen molar-refractivity contribution in [2.24, 2.45) is 28.9 Å². The van der Waals surface area contributed by atoms with Gasteiger partial charge in [-0.25, -0.2) is 0 Å². The summed E-state index contributed by atoms with van der Waals surface area (Å²) in [6.45, 7) is 5.58. The SMILES string of the molecule is C=C1N[C@@H]([C@@H](C)CC)C(=O)N[C@@H](CCC(N)=O)C(=O)N[C@@H](CC(N)=O)C(=O)N[C@H](C(=O)N(C)CC(=O)N[C@@H](CCC(N)=O)C(=O)NCC(N)=O)CCC(=O)NCC(=O)N[C@H]1Cc1ccc(O)cc1. The second kappa shape index (κ2) is 27.6. The van der Waals surface area contributed by atoms with Gasteiger partial charge in [-0.05, 0) is 49.3 Å². The van der Waals surface area contributed by atoms with Crippen molar-refractivity contribution in [2.45, 2.75) is 108 Å². The summed E-state index contributed by atoms with van der Waals surface area (Å²) in [6, 6.07) is -2.52. The van der Waals surface area contributed by atoms with Crippen LogP contribution < -0.4 is 65.5 Å². The first-order chi connectivity index (χ1) is 31.9. The molecule has 7 atom stereocenters. The Morgan fingerprint density at radius 2 is 1.41 bits per heavy atom. The maximum Gasteiger partial charge on any atom is 0.245 e. The number of aromatic hydroxyl groups is 1. The van der Waals surface area contributed by atoms with E-state index in [-0.39, 0.29) is 37.1 Å². The zero-order valence-electron chi connectivity index (χ0n) is 38.1. The molecule has 1 aliphatic rings. The quantitative estimate of drug-likeness (QED) is 0.0615. The molecule has 1 fully saturated rings. The van der Waals surface area contributed by atoms with Crippen molar-refractivity contribution in [1.82, 2.24) is 47.4 Å². The van der Waals surface area contributed by atoms with E-state index < -0.39 is 158 Å². The molecule has 374 valence electrons. The zero-order chi connectivity index (χ0) is 51.2. The van der Waals surface area contributed by atoms with Gasteiger partial charge >= 0.3 is 0 Å². The Hall–Kier alpha value is -7.80. The fourth-order valence-corrected chi connectivity index (χ4v) is 6.60. The molecular weight excluding hydrogens is 895 g/mol. The van der Waals surface area contributed by atoms with E-state index in [2.05, 4.69) is 49.1 Å². The number of likely N-dealkylation sites (N-methyl/N-ethyl adjacent to an activating group) is 1. The number of hydrogen-bond acceptors (Lipinski definition) is 14. The molecule has 2 rings (SSSR count). The lowest BCUT2D eigenvalue weighted by atomic mass is 9.95. The van der Waals surface area contributed by atoms with Crippen molar-refractivity contribution >= 4 is 70.9 Å². The first kappa shape index (κ1) is 56.3. The van der Waals surface area contributed by atoms with E-state index in [1.165, 1.54) is 12.1 Å². The molecule has 0 aromatic heterocycles. The average molecular weight is 958 g/mol. The lowest BCUT2D eigenvalue weighted by molar-refractivity contribution is -0.140. The minimum atomic E-state index is -1.83. The van der Waals surface area contributed by atoms with E-state index >= 15 is 0 Å². The van der Waals surface area contributed by atoms with Crippen LogP contribution in [0.5, 0.6) is 5.75 Å². The van der Waals surface area contributed by atoms with E-state index in [0.717, 1.165) is 11.9 Å². The zero-order valence-corrected chi connectivity index (χ0v) is 38.1. The van der Waals surface area contributed by atoms with Crippen LogP contribution in [-0.4, -0.2) is 144 Å². The third-order valence-electron chi connectivity index (χ3n) is 10.6. The van der Waals surface area contributed by atoms with E-state index in [0.29, 0.717) is 12.0 Å². The second-order valence-corrected chi connectivity index (χ2v) is 16.2. The lowest BCUT2D eigenvalue weighted by Crippen LogP contribution is -2.60. The number of phenolic OH excluding ortho intramolecular Hbond substituents is 1. The molecule has 68 heavy (non-hydrogen) atoms. The highest BCUT2D eigenvalue weighted by Gasteiger charge is 2.35. The Bertz CT molecular complexity index is 2070. The number of primary amides is 4. The van der Waals surface area contributed by atoms with E-state index in [1.807, 2.05) is 0 Å². The summed E-state index contributed by atoms with van der Waals surface area (Å²) in [5.74, 6) is -11.6. The molecule has 1 aliphatic heterocycles. The first-order valence-electron chi connectivity index (χ1n) is 21.6. The summed E-state index contributed by atoms with van der Waals surface area (Å²) < 4.78 is 0. The van der Waals surface area contributed by atoms with Crippen molar-refractivity contribution < 1.29 is 62.6 Å². The summed E-state index contributed by atoms with van der Waals surface area (Å²) in [6.07, 6.45) is -2.89. The third kappa shape index (κ3) is 20.2. The number of carbonyl (C=O) groups is 12. The molecule has 1 aromatic carbocycles. The van der Waals surface area contributed by atoms with Crippen LogP contribution in [0, 0.1) is 5.92 Å². The van der Waals surface area contributed by atoms with Crippen LogP contribution in [0.2, 0.25) is 0 Å². The standard InChI is InChI=1S/C42H63N13O13/c1-5-21(2)37-41(67)52-26(11-14-31(44)58)39(65)54-29(17-32(45)59)40(66)53-27(42(68)55(4)20-36(63)50-25(10-13-30(43)57)38(64)48-18-33(46)60)12-15-34(61)47-19-35(62)51-28(22(3)49-37)16-23-6-8-24(56)9-7-23/h6-9,21,25-29,37,49,56H,3,5,10-20H2,1-2,4H3,(H2,43,57)(H2,44,58)(H2,45,59)(H2,46,60)(H,47,61)(H,48,64)(H,50,63)(H,51,62)(H,52,67)(H,53,66)(H,54,65)/t21-,25-,26-,27-,28-,29-,37-/m0/s1. The molecule has 0 saturated carbocycles. The second-order valence-electron chi connectivity index (χ2n) is 16.2. The fraction of sp³-hybridized carbons (Fsp3) is 0.524. The van der Waals surface area contributed by atoms with Gasteiger partial charge in [-0.2, -0.15) is 0 Å². The number of phenols is 1. The van der Waals surface area contributed by atoms with Crippen LogP contribution in [0.15, 0.2) is 36.5 Å². The Kier molecular flexibility index (Phi) is 22.9. The molecule has 0 aliphatic carbocycles. The number of benzene rings is 1. The Morgan fingerprint density at radius 3 is 2.00 bits per heavy atom. The maximum absolute atomic E-state index is 14.1. The third-order valence-corrected chi connectivity index (χ3v) is 10.6. The Morgan fingerprint density at radius 1 is 0.794 bits per heavy atom. The van der Waals surface area contributed by atoms with Crippen LogP contribution in [0.3, 0.4) is 0 Å². The summed E-state index contributed by atoms with van der Waals surface area (Å²) in [5.41, 5.74) is 21.9. The Balaban J connectivity index is 2.59. The number of carbonyl (C=O) groups excluding carboxylic acids is 12. The highest BCUT2D eigenvalue weighted by Crippen LogP contribution is 2.17. The molecule has 1 heterocycles. The number of nitrogens with two attached hydrogens (primary N) is 4. The van der Waals surface area contributed by atoms with Crippen molar-refractivity contribution in [3.63, 3.8) is 0 Å². The molecular formula is C42H63N13O13. The van der Waals surface area contributed by atoms with Gasteiger partial charge in [-0.3, -0.25) is 57.5 Å². The molecule has 12 amide bonds. The molecule has 0 spiro atoms. The number of nitrogens with one attached hydrogen (secondary N) is 8. The molecule has 0 radical (unpaired) electrons. The molecule has 1 saturated heterocycles. The average Bonchev–Trinajstić information content (AvgIpc) is 3.26. The minimum absolute atomic E-state index is 0.0221. The van der Waals surface area contributed by atoms with Crippen LogP contribution in [0.25, 0.3) is 0 Å². The number of hydrogen-bond donors (Lipinski definition) is 13. The topological polar surface area (TPSA) is 429 Å². The van der Waals surface area contributed by atoms with Crippen molar-refractivity contribution in [3.05, 3.63) is 42.1 Å². The molecule has 0 bridgehead atoms. The Labute approximate surface area is 391 Å². The van der Waals surface area contributed by atoms with Gasteiger partial charge in [0.05, 0.1) is 32.1 Å². The normalized spacial score (nSPS) is 20.8. The molecule has 26 heteroatoms. The number of rotatable bonds is 19. The number of amides is 12. The van der Waals surface area contributed by atoms with Gasteiger partial charge in [0.1, 0.15) is 36.0 Å². The number of nitrogens with zero attached hydrogens (tertiary/aromatic N) is 1. The van der Waals surface area contributed by atoms with Gasteiger partial charge in [0.15, 0.2) is 0 Å². The first-order valence-corrected chi connectivity index (χ1v) is 21.6. The van der Waals surface area contributed by atoms with Gasteiger partial charge in [0.25, 0.3) is 0 Å². The minimum Gasteiger partial charge on any atom is -0.508 e. The van der Waals surface area contributed by atoms with Gasteiger partial charge < -0.3 is 75.5 Å². The lowest BCUT2D eigenvalue weighted by Gasteiger charge is -2.31. The van der Waals surface area contributed by atoms with Gasteiger partial charge in [-0.1, -0.05) is 39.0 Å². The smallest absolute Gasteiger partial charge is 0.245 e. The largest absolute Gasteiger partial charge is 0.508 e. The summed E-state index contributed by atoms with van der Waals surface area (Å²) in [7, 11) is 1.12. The van der Waals surface area contributed by atoms with E-state index in [4.69, 9.17) is 22.9 Å². The summed E-state index contributed by atoms with van der Waals surface area (Å²) >= 11 is 0. The molecule has 17 N–H and O–H groups in total. The van der Waals surface area contributed by atoms with Gasteiger partial charge in [0, 0.05) is 32.0 Å². The van der Waals surface area contributed by atoms with Crippen LogP contribution >= 0.6 is 0 Å². The molecule has 26 nitrogen and oxygen atoms in total. The van der Waals surface area contributed by atoms with Crippen molar-refractivity contribution in [2.75, 3.05) is 26.7 Å². The predicted octanol–water partition coefficient (Wildman–Crippen LogP) is -5.75. The highest BCUT2D eigenvalue weighted by molar-refractivity contribution is 5.98. The molecule has 0 unspecified atom stereocenters. The van der Waals surface area contributed by atoms with E-state index in [9.17, 15) is 62.6 Å². The predicted molar refractivity (Wildman–Crippen MR) is 240 cm³/mol. The van der Waals surface area contributed by atoms with Crippen molar-refractivity contribution in [3.8, 4) is 5.75 Å². The van der Waals surface area contributed by atoms with Gasteiger partial charge in [-0.15, -0.1) is 0 Å². The molecule has 1 aromatic rings. The van der Waals surface area contributed by atoms with E-state index in [1.54, 1.807) is 26.0 Å². The monoisotopic (exact) mass is 957 g/mol. The van der Waals surface area contributed by atoms with Gasteiger partial charge in [0.2, 0.25) is 70.9 Å². The van der Waals surface area contributed by atoms with Crippen LogP contribution in [-0.2, 0) is 64.0 Å². The highest BCUT2D eigenvalue weighted by atomic mass is 16.3. The fourth-order valence-electron chi connectivity index (χ4n) is 6.60. The maximum atomic E-state index is 14.1. The van der Waals surface area contributed by atoms with Crippen LogP contribution in [0.4, 0.5) is 0 Å². The summed E-state index contributed by atoms with van der Waals surface area (Å²) in [5, 5.41) is 29.8. The van der Waals surface area contributed by atoms with Crippen molar-refractivity contribution in [1.29, 1.82) is 0 Å². The summed E-state index contributed by atoms with van der Waals surface area (Å²) in [4.78, 5) is 156. The van der Waals surface area contributed by atoms with Crippen LogP contribution in [0.1, 0.15) is 70.8 Å².